The third kappa shape index (κ3) is 4.04. The molecule has 2 aromatic carbocycles. The quantitative estimate of drug-likeness (QED) is 0.409. The second-order valence-corrected chi connectivity index (χ2v) is 6.58. The molecule has 19 heavy (non-hydrogen) atoms. The molecule has 2 aromatic rings. The number of non-ortho nitro benzene ring substituents is 1. The maximum atomic E-state index is 10.5. The lowest BCUT2D eigenvalue weighted by Gasteiger charge is -2.02. The molecule has 0 heterocycles. The largest absolute Gasteiger partial charge is 0.269 e. The van der Waals surface area contributed by atoms with Gasteiger partial charge in [0, 0.05) is 21.9 Å². The maximum Gasteiger partial charge on any atom is 0.269 e. The molecule has 98 valence electrons. The molecule has 0 aliphatic rings. The molecule has 0 radical (unpaired) electrons. The number of benzene rings is 2. The van der Waals surface area contributed by atoms with Crippen LogP contribution in [-0.2, 0) is 0 Å². The molecule has 0 aliphatic heterocycles. The van der Waals surface area contributed by atoms with E-state index in [1.165, 1.54) is 33.7 Å². The van der Waals surface area contributed by atoms with Gasteiger partial charge in [-0.3, -0.25) is 10.1 Å². The molecule has 0 unspecified atom stereocenters. The first kappa shape index (κ1) is 14.5. The second kappa shape index (κ2) is 6.52. The minimum absolute atomic E-state index is 0.0869. The summed E-state index contributed by atoms with van der Waals surface area (Å²) in [4.78, 5) is 12.0. The predicted octanol–water partition coefficient (Wildman–Crippen LogP) is 5.70. The number of halogens is 2. The van der Waals surface area contributed by atoms with Crippen LogP contribution in [0.25, 0.3) is 0 Å². The molecule has 0 N–H and O–H groups in total. The van der Waals surface area contributed by atoms with Crippen LogP contribution in [0.5, 0.6) is 0 Å². The van der Waals surface area contributed by atoms with Gasteiger partial charge in [-0.15, -0.1) is 0 Å². The molecule has 0 spiro atoms. The first-order valence-electron chi connectivity index (χ1n) is 5.10. The highest BCUT2D eigenvalue weighted by Gasteiger charge is 2.05. The van der Waals surface area contributed by atoms with Crippen molar-refractivity contribution in [2.24, 2.45) is 0 Å². The van der Waals surface area contributed by atoms with Gasteiger partial charge in [0.2, 0.25) is 0 Å². The Hall–Kier alpha value is -0.880. The number of nitrogens with zero attached hydrogens (tertiary/aromatic N) is 1. The van der Waals surface area contributed by atoms with Crippen LogP contribution >= 0.6 is 44.8 Å². The van der Waals surface area contributed by atoms with Crippen molar-refractivity contribution < 1.29 is 4.92 Å². The molecular formula is C12H7Cl2NO2S2. The van der Waals surface area contributed by atoms with Gasteiger partial charge in [-0.1, -0.05) is 44.8 Å². The minimum Gasteiger partial charge on any atom is -0.258 e. The summed E-state index contributed by atoms with van der Waals surface area (Å²) in [7, 11) is 3.02. The van der Waals surface area contributed by atoms with Crippen molar-refractivity contribution in [1.82, 2.24) is 0 Å². The van der Waals surface area contributed by atoms with Gasteiger partial charge < -0.3 is 0 Å². The molecule has 3 nitrogen and oxygen atoms in total. The van der Waals surface area contributed by atoms with Crippen molar-refractivity contribution in [2.45, 2.75) is 9.79 Å². The van der Waals surface area contributed by atoms with Crippen LogP contribution in [0.1, 0.15) is 0 Å². The zero-order chi connectivity index (χ0) is 13.8. The fourth-order valence-corrected chi connectivity index (χ4v) is 3.56. The molecule has 0 aliphatic carbocycles. The molecule has 0 amide bonds. The van der Waals surface area contributed by atoms with Crippen molar-refractivity contribution in [3.63, 3.8) is 0 Å². The Balaban J connectivity index is 2.01. The molecule has 0 fully saturated rings. The Morgan fingerprint density at radius 3 is 2.05 bits per heavy atom. The third-order valence-corrected chi connectivity index (χ3v) is 5.31. The van der Waals surface area contributed by atoms with Crippen LogP contribution in [0, 0.1) is 10.1 Å². The first-order chi connectivity index (χ1) is 9.06. The monoisotopic (exact) mass is 331 g/mol. The summed E-state index contributed by atoms with van der Waals surface area (Å²) in [5.41, 5.74) is 0.0869. The van der Waals surface area contributed by atoms with Crippen molar-refractivity contribution in [3.8, 4) is 0 Å². The van der Waals surface area contributed by atoms with Crippen molar-refractivity contribution in [1.29, 1.82) is 0 Å². The average molecular weight is 332 g/mol. The highest BCUT2D eigenvalue weighted by atomic mass is 35.5. The highest BCUT2D eigenvalue weighted by molar-refractivity contribution is 8.76. The SMILES string of the molecule is O=[N+]([O-])c1ccc(SSc2ccc(Cl)c(Cl)c2)cc1. The zero-order valence-corrected chi connectivity index (χ0v) is 12.5. The van der Waals surface area contributed by atoms with Crippen LogP contribution in [0.2, 0.25) is 10.0 Å². The summed E-state index contributed by atoms with van der Waals surface area (Å²) < 4.78 is 0. The van der Waals surface area contributed by atoms with Gasteiger partial charge in [0.1, 0.15) is 0 Å². The van der Waals surface area contributed by atoms with E-state index in [0.717, 1.165) is 9.79 Å². The topological polar surface area (TPSA) is 43.1 Å². The van der Waals surface area contributed by atoms with Crippen molar-refractivity contribution >= 4 is 50.5 Å². The van der Waals surface area contributed by atoms with E-state index >= 15 is 0 Å². The predicted molar refractivity (Wildman–Crippen MR) is 81.3 cm³/mol. The Labute approximate surface area is 127 Å². The molecule has 0 bridgehead atoms. The van der Waals surface area contributed by atoms with Crippen molar-refractivity contribution in [3.05, 3.63) is 62.6 Å². The fourth-order valence-electron chi connectivity index (χ4n) is 1.25. The van der Waals surface area contributed by atoms with Gasteiger partial charge in [0.15, 0.2) is 0 Å². The van der Waals surface area contributed by atoms with Gasteiger partial charge >= 0.3 is 0 Å². The molecule has 7 heteroatoms. The fraction of sp³-hybridized carbons (Fsp3) is 0. The average Bonchev–Trinajstić information content (AvgIpc) is 2.40. The molecule has 0 aromatic heterocycles. The molecule has 0 atom stereocenters. The summed E-state index contributed by atoms with van der Waals surface area (Å²) in [6.45, 7) is 0. The van der Waals surface area contributed by atoms with Crippen LogP contribution in [0.3, 0.4) is 0 Å². The standard InChI is InChI=1S/C12H7Cl2NO2S2/c13-11-6-5-10(7-12(11)14)19-18-9-3-1-8(2-4-9)15(16)17/h1-7H. The summed E-state index contributed by atoms with van der Waals surface area (Å²) in [5.74, 6) is 0. The van der Waals surface area contributed by atoms with E-state index in [2.05, 4.69) is 0 Å². The number of rotatable bonds is 4. The molecule has 2 rings (SSSR count). The van der Waals surface area contributed by atoms with E-state index in [1.807, 2.05) is 6.07 Å². The van der Waals surface area contributed by atoms with E-state index in [4.69, 9.17) is 23.2 Å². The summed E-state index contributed by atoms with van der Waals surface area (Å²) in [5, 5.41) is 11.6. The minimum atomic E-state index is -0.416. The van der Waals surface area contributed by atoms with Crippen LogP contribution in [-0.4, -0.2) is 4.92 Å². The normalized spacial score (nSPS) is 10.4. The van der Waals surface area contributed by atoms with Crippen LogP contribution in [0.15, 0.2) is 52.3 Å². The van der Waals surface area contributed by atoms with Gasteiger partial charge in [-0.25, -0.2) is 0 Å². The lowest BCUT2D eigenvalue weighted by molar-refractivity contribution is -0.384. The third-order valence-electron chi connectivity index (χ3n) is 2.17. The van der Waals surface area contributed by atoms with E-state index < -0.39 is 4.92 Å². The van der Waals surface area contributed by atoms with E-state index in [-0.39, 0.29) is 5.69 Å². The lowest BCUT2D eigenvalue weighted by Crippen LogP contribution is -1.86. The number of hydrogen-bond donors (Lipinski definition) is 0. The molecule has 0 saturated carbocycles. The number of nitro benzene ring substituents is 1. The smallest absolute Gasteiger partial charge is 0.258 e. The maximum absolute atomic E-state index is 10.5. The highest BCUT2D eigenvalue weighted by Crippen LogP contribution is 2.39. The molecule has 0 saturated heterocycles. The Morgan fingerprint density at radius 2 is 1.47 bits per heavy atom. The number of hydrogen-bond acceptors (Lipinski definition) is 4. The van der Waals surface area contributed by atoms with Gasteiger partial charge in [-0.2, -0.15) is 0 Å². The Kier molecular flexibility index (Phi) is 4.99. The Bertz CT molecular complexity index is 605. The van der Waals surface area contributed by atoms with Crippen LogP contribution < -0.4 is 0 Å². The lowest BCUT2D eigenvalue weighted by atomic mass is 10.3. The zero-order valence-electron chi connectivity index (χ0n) is 9.38. The Morgan fingerprint density at radius 1 is 0.895 bits per heavy atom. The van der Waals surface area contributed by atoms with E-state index in [0.29, 0.717) is 10.0 Å². The summed E-state index contributed by atoms with van der Waals surface area (Å²) >= 11 is 11.8. The van der Waals surface area contributed by atoms with Gasteiger partial charge in [-0.05, 0) is 30.3 Å². The van der Waals surface area contributed by atoms with E-state index in [9.17, 15) is 10.1 Å². The second-order valence-electron chi connectivity index (χ2n) is 3.49. The van der Waals surface area contributed by atoms with E-state index in [1.54, 1.807) is 24.3 Å². The van der Waals surface area contributed by atoms with Gasteiger partial charge in [0.25, 0.3) is 5.69 Å². The van der Waals surface area contributed by atoms with Crippen molar-refractivity contribution in [2.75, 3.05) is 0 Å². The van der Waals surface area contributed by atoms with Gasteiger partial charge in [0.05, 0.1) is 15.0 Å². The molecular weight excluding hydrogens is 325 g/mol. The number of nitro groups is 1. The summed E-state index contributed by atoms with van der Waals surface area (Å²) in [6, 6.07) is 11.8. The summed E-state index contributed by atoms with van der Waals surface area (Å²) in [6.07, 6.45) is 0. The first-order valence-corrected chi connectivity index (χ1v) is 8.01. The van der Waals surface area contributed by atoms with Crippen LogP contribution in [0.4, 0.5) is 5.69 Å².